The number of benzene rings is 1. The molecular weight excluding hydrogens is 288 g/mol. The van der Waals surface area contributed by atoms with E-state index in [-0.39, 0.29) is 12.6 Å². The molecule has 1 atom stereocenters. The second-order valence-electron chi connectivity index (χ2n) is 5.64. The van der Waals surface area contributed by atoms with E-state index in [1.807, 2.05) is 19.9 Å². The largest absolute Gasteiger partial charge is 0.380 e. The molecule has 1 aromatic carbocycles. The maximum Gasteiger partial charge on any atom is 0.240 e. The van der Waals surface area contributed by atoms with Gasteiger partial charge in [-0.3, -0.25) is 0 Å². The monoisotopic (exact) mass is 312 g/mol. The fourth-order valence-electron chi connectivity index (χ4n) is 1.94. The number of sulfonamides is 1. The van der Waals surface area contributed by atoms with Crippen molar-refractivity contribution in [3.8, 4) is 0 Å². The van der Waals surface area contributed by atoms with E-state index in [4.69, 9.17) is 4.74 Å². The Bertz CT molecular complexity index is 583. The van der Waals surface area contributed by atoms with Gasteiger partial charge in [0.15, 0.2) is 0 Å². The molecule has 1 unspecified atom stereocenters. The summed E-state index contributed by atoms with van der Waals surface area (Å²) in [6, 6.07) is 5.86. The highest BCUT2D eigenvalue weighted by Crippen LogP contribution is 2.21. The van der Waals surface area contributed by atoms with Crippen molar-refractivity contribution in [2.24, 2.45) is 0 Å². The molecule has 0 aromatic heterocycles. The molecule has 0 amide bonds. The second-order valence-corrected chi connectivity index (χ2v) is 7.41. The molecular formula is C15H24N2O3S. The first-order valence-electron chi connectivity index (χ1n) is 7.27. The van der Waals surface area contributed by atoms with Crippen molar-refractivity contribution in [1.29, 1.82) is 0 Å². The van der Waals surface area contributed by atoms with Gasteiger partial charge in [0, 0.05) is 26.2 Å². The number of hydrogen-bond donors (Lipinski definition) is 2. The molecule has 0 saturated heterocycles. The van der Waals surface area contributed by atoms with Gasteiger partial charge in [0.1, 0.15) is 0 Å². The molecule has 2 rings (SSSR count). The second kappa shape index (κ2) is 6.87. The summed E-state index contributed by atoms with van der Waals surface area (Å²) in [6.45, 7) is 4.81. The number of nitrogens with one attached hydrogen (secondary N) is 2. The van der Waals surface area contributed by atoms with Crippen molar-refractivity contribution in [3.05, 3.63) is 29.3 Å². The first-order valence-corrected chi connectivity index (χ1v) is 8.76. The van der Waals surface area contributed by atoms with E-state index in [1.54, 1.807) is 19.2 Å². The minimum Gasteiger partial charge on any atom is -0.380 e. The van der Waals surface area contributed by atoms with Gasteiger partial charge in [0.05, 0.1) is 11.0 Å². The van der Waals surface area contributed by atoms with Gasteiger partial charge in [-0.15, -0.1) is 0 Å². The van der Waals surface area contributed by atoms with Gasteiger partial charge in [0.2, 0.25) is 10.0 Å². The maximum atomic E-state index is 12.3. The number of ether oxygens (including phenoxy) is 1. The number of hydrogen-bond acceptors (Lipinski definition) is 4. The molecule has 5 nitrogen and oxygen atoms in total. The van der Waals surface area contributed by atoms with Crippen molar-refractivity contribution in [2.75, 3.05) is 13.7 Å². The Hall–Kier alpha value is -0.950. The summed E-state index contributed by atoms with van der Waals surface area (Å²) in [5, 5.41) is 3.42. The molecule has 6 heteroatoms. The van der Waals surface area contributed by atoms with Crippen molar-refractivity contribution >= 4 is 10.0 Å². The minimum absolute atomic E-state index is 0.152. The molecule has 0 radical (unpaired) electrons. The fraction of sp³-hybridized carbons (Fsp3) is 0.600. The third kappa shape index (κ3) is 4.78. The lowest BCUT2D eigenvalue weighted by molar-refractivity contribution is 0.122. The molecule has 0 spiro atoms. The molecule has 1 aliphatic carbocycles. The topological polar surface area (TPSA) is 67.4 Å². The Kier molecular flexibility index (Phi) is 5.37. The number of rotatable bonds is 8. The molecule has 1 fully saturated rings. The predicted octanol–water partition coefficient (Wildman–Crippen LogP) is 1.56. The minimum atomic E-state index is -3.49. The van der Waals surface area contributed by atoms with Gasteiger partial charge >= 0.3 is 0 Å². The first-order chi connectivity index (χ1) is 9.92. The van der Waals surface area contributed by atoms with E-state index in [0.29, 0.717) is 17.5 Å². The molecule has 1 aliphatic rings. The Balaban J connectivity index is 2.08. The van der Waals surface area contributed by atoms with E-state index < -0.39 is 10.0 Å². The van der Waals surface area contributed by atoms with Crippen LogP contribution in [0.15, 0.2) is 23.1 Å². The van der Waals surface area contributed by atoms with E-state index in [1.165, 1.54) is 12.8 Å². The highest BCUT2D eigenvalue weighted by atomic mass is 32.2. The lowest BCUT2D eigenvalue weighted by Gasteiger charge is -2.13. The lowest BCUT2D eigenvalue weighted by Crippen LogP contribution is -2.31. The quantitative estimate of drug-likeness (QED) is 0.764. The van der Waals surface area contributed by atoms with Crippen LogP contribution in [-0.4, -0.2) is 34.2 Å². The number of methoxy groups -OCH3 is 1. The van der Waals surface area contributed by atoms with Crippen LogP contribution in [0.4, 0.5) is 0 Å². The summed E-state index contributed by atoms with van der Waals surface area (Å²) in [7, 11) is -1.92. The summed E-state index contributed by atoms with van der Waals surface area (Å²) in [5.41, 5.74) is 2.14. The van der Waals surface area contributed by atoms with Gasteiger partial charge in [-0.05, 0) is 49.9 Å². The Labute approximate surface area is 127 Å². The highest BCUT2D eigenvalue weighted by Gasteiger charge is 2.21. The maximum absolute atomic E-state index is 12.3. The standard InChI is InChI=1S/C15H24N2O3S/c1-11-4-7-15(8-13(11)10-16-14-5-6-14)21(18,19)17-9-12(2)20-3/h4,7-8,12,14,16-17H,5-6,9-10H2,1-3H3. The molecule has 118 valence electrons. The molecule has 0 bridgehead atoms. The Morgan fingerprint density at radius 1 is 1.38 bits per heavy atom. The van der Waals surface area contributed by atoms with Crippen molar-refractivity contribution in [1.82, 2.24) is 10.0 Å². The van der Waals surface area contributed by atoms with Gasteiger partial charge in [-0.2, -0.15) is 0 Å². The van der Waals surface area contributed by atoms with Crippen LogP contribution in [0, 0.1) is 6.92 Å². The first kappa shape index (κ1) is 16.4. The zero-order valence-corrected chi connectivity index (χ0v) is 13.7. The van der Waals surface area contributed by atoms with Crippen LogP contribution in [0.1, 0.15) is 30.9 Å². The summed E-state index contributed by atoms with van der Waals surface area (Å²) >= 11 is 0. The molecule has 21 heavy (non-hydrogen) atoms. The van der Waals surface area contributed by atoms with Crippen LogP contribution in [0.3, 0.4) is 0 Å². The summed E-state index contributed by atoms with van der Waals surface area (Å²) in [4.78, 5) is 0.309. The van der Waals surface area contributed by atoms with Crippen LogP contribution in [0.25, 0.3) is 0 Å². The fourth-order valence-corrected chi connectivity index (χ4v) is 3.11. The summed E-state index contributed by atoms with van der Waals surface area (Å²) in [5.74, 6) is 0. The average Bonchev–Trinajstić information content (AvgIpc) is 3.28. The Morgan fingerprint density at radius 2 is 2.10 bits per heavy atom. The van der Waals surface area contributed by atoms with Gasteiger partial charge in [-0.1, -0.05) is 6.07 Å². The Morgan fingerprint density at radius 3 is 2.71 bits per heavy atom. The normalized spacial score (nSPS) is 16.9. The van der Waals surface area contributed by atoms with Crippen LogP contribution < -0.4 is 10.0 Å². The molecule has 1 aromatic rings. The lowest BCUT2D eigenvalue weighted by atomic mass is 10.1. The van der Waals surface area contributed by atoms with Crippen molar-refractivity contribution in [2.45, 2.75) is 50.3 Å². The van der Waals surface area contributed by atoms with Crippen molar-refractivity contribution < 1.29 is 13.2 Å². The van der Waals surface area contributed by atoms with Crippen LogP contribution in [0.5, 0.6) is 0 Å². The van der Waals surface area contributed by atoms with Gasteiger partial charge < -0.3 is 10.1 Å². The smallest absolute Gasteiger partial charge is 0.240 e. The summed E-state index contributed by atoms with van der Waals surface area (Å²) < 4.78 is 32.2. The van der Waals surface area contributed by atoms with E-state index in [9.17, 15) is 8.42 Å². The molecule has 0 heterocycles. The highest BCUT2D eigenvalue weighted by molar-refractivity contribution is 7.89. The predicted molar refractivity (Wildman–Crippen MR) is 82.7 cm³/mol. The third-order valence-corrected chi connectivity index (χ3v) is 5.17. The van der Waals surface area contributed by atoms with Gasteiger partial charge in [-0.25, -0.2) is 13.1 Å². The van der Waals surface area contributed by atoms with Crippen LogP contribution >= 0.6 is 0 Å². The van der Waals surface area contributed by atoms with Crippen molar-refractivity contribution in [3.63, 3.8) is 0 Å². The zero-order valence-electron chi connectivity index (χ0n) is 12.8. The van der Waals surface area contributed by atoms with Crippen LogP contribution in [-0.2, 0) is 21.3 Å². The zero-order chi connectivity index (χ0) is 15.5. The van der Waals surface area contributed by atoms with E-state index in [0.717, 1.165) is 11.1 Å². The van der Waals surface area contributed by atoms with Gasteiger partial charge in [0.25, 0.3) is 0 Å². The molecule has 0 aliphatic heterocycles. The molecule has 1 saturated carbocycles. The number of aryl methyl sites for hydroxylation is 1. The SMILES string of the molecule is COC(C)CNS(=O)(=O)c1ccc(C)c(CNC2CC2)c1. The molecule has 2 N–H and O–H groups in total. The summed E-state index contributed by atoms with van der Waals surface area (Å²) in [6.07, 6.45) is 2.28. The van der Waals surface area contributed by atoms with E-state index in [2.05, 4.69) is 10.0 Å². The van der Waals surface area contributed by atoms with E-state index >= 15 is 0 Å². The third-order valence-electron chi connectivity index (χ3n) is 3.75. The average molecular weight is 312 g/mol. The van der Waals surface area contributed by atoms with Crippen LogP contribution in [0.2, 0.25) is 0 Å².